The number of amides is 1. The van der Waals surface area contributed by atoms with Crippen LogP contribution in [0.1, 0.15) is 5.56 Å². The van der Waals surface area contributed by atoms with Gasteiger partial charge >= 0.3 is 0 Å². The summed E-state index contributed by atoms with van der Waals surface area (Å²) in [6.45, 7) is 1.34. The van der Waals surface area contributed by atoms with Gasteiger partial charge in [-0.05, 0) is 67.1 Å². The number of hydrogen-bond acceptors (Lipinski definition) is 4. The van der Waals surface area contributed by atoms with Gasteiger partial charge < -0.3 is 10.1 Å². The maximum Gasteiger partial charge on any atom is 0.262 e. The standard InChI is InChI=1S/C21H16Cl4N2O4S/c1-12-8-15(32(29,30)27-14-4-2-13(22)3-5-14)6-7-20(12)31-11-21(28)26-19-10-17(24)16(23)9-18(19)25/h2-10,27H,11H2,1H3,(H,26,28). The zero-order chi connectivity index (χ0) is 23.5. The van der Waals surface area contributed by atoms with Crippen molar-refractivity contribution in [1.29, 1.82) is 0 Å². The van der Waals surface area contributed by atoms with Crippen molar-refractivity contribution in [3.8, 4) is 5.75 Å². The highest BCUT2D eigenvalue weighted by Gasteiger charge is 2.17. The Hall–Kier alpha value is -2.16. The number of rotatable bonds is 7. The first-order chi connectivity index (χ1) is 15.0. The van der Waals surface area contributed by atoms with Crippen molar-refractivity contribution in [3.63, 3.8) is 0 Å². The van der Waals surface area contributed by atoms with Crippen molar-refractivity contribution in [2.24, 2.45) is 0 Å². The van der Waals surface area contributed by atoms with Crippen LogP contribution < -0.4 is 14.8 Å². The van der Waals surface area contributed by atoms with E-state index in [9.17, 15) is 13.2 Å². The summed E-state index contributed by atoms with van der Waals surface area (Å²) < 4.78 is 33.2. The highest BCUT2D eigenvalue weighted by Crippen LogP contribution is 2.32. The van der Waals surface area contributed by atoms with Crippen molar-refractivity contribution in [2.75, 3.05) is 16.6 Å². The van der Waals surface area contributed by atoms with Crippen molar-refractivity contribution >= 4 is 73.7 Å². The molecular formula is C21H16Cl4N2O4S. The molecule has 0 saturated heterocycles. The minimum Gasteiger partial charge on any atom is -0.483 e. The van der Waals surface area contributed by atoms with Crippen molar-refractivity contribution < 1.29 is 17.9 Å². The van der Waals surface area contributed by atoms with Crippen LogP contribution in [-0.4, -0.2) is 20.9 Å². The number of aryl methyl sites for hydroxylation is 1. The SMILES string of the molecule is Cc1cc(S(=O)(=O)Nc2ccc(Cl)cc2)ccc1OCC(=O)Nc1cc(Cl)c(Cl)cc1Cl. The van der Waals surface area contributed by atoms with Crippen LogP contribution in [0.3, 0.4) is 0 Å². The molecule has 0 heterocycles. The van der Waals surface area contributed by atoms with Crippen molar-refractivity contribution in [2.45, 2.75) is 11.8 Å². The summed E-state index contributed by atoms with van der Waals surface area (Å²) >= 11 is 23.7. The summed E-state index contributed by atoms with van der Waals surface area (Å²) in [7, 11) is -3.82. The van der Waals surface area contributed by atoms with E-state index in [0.29, 0.717) is 27.7 Å². The zero-order valence-electron chi connectivity index (χ0n) is 16.5. The number of carbonyl (C=O) groups excluding carboxylic acids is 1. The van der Waals surface area contributed by atoms with Crippen LogP contribution in [0.25, 0.3) is 0 Å². The molecule has 0 radical (unpaired) electrons. The number of hydrogen-bond donors (Lipinski definition) is 2. The van der Waals surface area contributed by atoms with E-state index < -0.39 is 15.9 Å². The van der Waals surface area contributed by atoms with Gasteiger partial charge in [0, 0.05) is 10.7 Å². The van der Waals surface area contributed by atoms with E-state index >= 15 is 0 Å². The number of nitrogens with one attached hydrogen (secondary N) is 2. The molecule has 1 amide bonds. The lowest BCUT2D eigenvalue weighted by molar-refractivity contribution is -0.118. The lowest BCUT2D eigenvalue weighted by Crippen LogP contribution is -2.20. The first-order valence-electron chi connectivity index (χ1n) is 9.01. The molecular weight excluding hydrogens is 518 g/mol. The molecule has 32 heavy (non-hydrogen) atoms. The second kappa shape index (κ2) is 10.2. The molecule has 3 aromatic carbocycles. The largest absolute Gasteiger partial charge is 0.483 e. The molecule has 3 rings (SSSR count). The Morgan fingerprint density at radius 2 is 1.56 bits per heavy atom. The molecule has 0 atom stereocenters. The van der Waals surface area contributed by atoms with Crippen molar-refractivity contribution in [3.05, 3.63) is 80.3 Å². The number of anilines is 2. The fourth-order valence-corrected chi connectivity index (χ4v) is 4.49. The van der Waals surface area contributed by atoms with Crippen LogP contribution in [0.15, 0.2) is 59.5 Å². The normalized spacial score (nSPS) is 11.2. The Morgan fingerprint density at radius 3 is 2.22 bits per heavy atom. The average Bonchev–Trinajstić information content (AvgIpc) is 2.72. The Bertz CT molecular complexity index is 1270. The molecule has 2 N–H and O–H groups in total. The maximum atomic E-state index is 12.6. The van der Waals surface area contributed by atoms with E-state index in [0.717, 1.165) is 0 Å². The molecule has 0 aliphatic carbocycles. The molecule has 0 aromatic heterocycles. The molecule has 3 aromatic rings. The third-order valence-electron chi connectivity index (χ3n) is 4.20. The Morgan fingerprint density at radius 1 is 0.906 bits per heavy atom. The zero-order valence-corrected chi connectivity index (χ0v) is 20.3. The topological polar surface area (TPSA) is 84.5 Å². The number of halogens is 4. The van der Waals surface area contributed by atoms with Gasteiger partial charge in [-0.3, -0.25) is 9.52 Å². The van der Waals surface area contributed by atoms with Gasteiger partial charge in [0.05, 0.1) is 25.7 Å². The molecule has 6 nitrogen and oxygen atoms in total. The van der Waals surface area contributed by atoms with E-state index in [4.69, 9.17) is 51.1 Å². The Labute approximate surface area is 205 Å². The summed E-state index contributed by atoms with van der Waals surface area (Å²) in [6.07, 6.45) is 0. The minimum absolute atomic E-state index is 0.0457. The van der Waals surface area contributed by atoms with Gasteiger partial charge in [-0.15, -0.1) is 0 Å². The summed E-state index contributed by atoms with van der Waals surface area (Å²) in [5.41, 5.74) is 1.20. The van der Waals surface area contributed by atoms with Crippen LogP contribution in [0.4, 0.5) is 11.4 Å². The number of carbonyl (C=O) groups is 1. The van der Waals surface area contributed by atoms with E-state index in [1.54, 1.807) is 31.2 Å². The third kappa shape index (κ3) is 6.21. The molecule has 0 saturated carbocycles. The van der Waals surface area contributed by atoms with Gasteiger partial charge in [0.25, 0.3) is 15.9 Å². The predicted molar refractivity (Wildman–Crippen MR) is 129 cm³/mol. The Kier molecular flexibility index (Phi) is 7.79. The summed E-state index contributed by atoms with van der Waals surface area (Å²) in [5, 5.41) is 3.81. The van der Waals surface area contributed by atoms with Crippen molar-refractivity contribution in [1.82, 2.24) is 0 Å². The van der Waals surface area contributed by atoms with Crippen LogP contribution in [0.2, 0.25) is 20.1 Å². The van der Waals surface area contributed by atoms with Gasteiger partial charge in [-0.25, -0.2) is 8.42 Å². The van der Waals surface area contributed by atoms with Crippen LogP contribution in [0, 0.1) is 6.92 Å². The second-order valence-electron chi connectivity index (χ2n) is 6.62. The fourth-order valence-electron chi connectivity index (χ4n) is 2.63. The average molecular weight is 534 g/mol. The summed E-state index contributed by atoms with van der Waals surface area (Å²) in [5.74, 6) is -0.128. The summed E-state index contributed by atoms with van der Waals surface area (Å²) in [6, 6.07) is 13.4. The highest BCUT2D eigenvalue weighted by molar-refractivity contribution is 7.92. The fraction of sp³-hybridized carbons (Fsp3) is 0.0952. The van der Waals surface area contributed by atoms with Gasteiger partial charge in [0.2, 0.25) is 0 Å². The highest BCUT2D eigenvalue weighted by atomic mass is 35.5. The number of benzene rings is 3. The van der Waals surface area contributed by atoms with Crippen LogP contribution >= 0.6 is 46.4 Å². The van der Waals surface area contributed by atoms with Gasteiger partial charge in [0.15, 0.2) is 6.61 Å². The molecule has 168 valence electrons. The molecule has 0 aliphatic rings. The first-order valence-corrected chi connectivity index (χ1v) is 12.0. The van der Waals surface area contributed by atoms with E-state index in [-0.39, 0.29) is 26.6 Å². The Balaban J connectivity index is 1.65. The van der Waals surface area contributed by atoms with Gasteiger partial charge in [-0.2, -0.15) is 0 Å². The molecule has 0 aliphatic heterocycles. The van der Waals surface area contributed by atoms with Crippen LogP contribution in [-0.2, 0) is 14.8 Å². The minimum atomic E-state index is -3.82. The van der Waals surface area contributed by atoms with Crippen LogP contribution in [0.5, 0.6) is 5.75 Å². The molecule has 11 heteroatoms. The summed E-state index contributed by atoms with van der Waals surface area (Å²) in [4.78, 5) is 12.3. The molecule has 0 fully saturated rings. The molecule has 0 bridgehead atoms. The third-order valence-corrected chi connectivity index (χ3v) is 6.86. The molecule has 0 unspecified atom stereocenters. The second-order valence-corrected chi connectivity index (χ2v) is 9.96. The van der Waals surface area contributed by atoms with E-state index in [1.807, 2.05) is 0 Å². The lowest BCUT2D eigenvalue weighted by atomic mass is 10.2. The number of ether oxygens (including phenoxy) is 1. The van der Waals surface area contributed by atoms with Gasteiger partial charge in [-0.1, -0.05) is 46.4 Å². The quantitative estimate of drug-likeness (QED) is 0.343. The first kappa shape index (κ1) is 24.5. The number of sulfonamides is 1. The van der Waals surface area contributed by atoms with Gasteiger partial charge in [0.1, 0.15) is 5.75 Å². The van der Waals surface area contributed by atoms with E-state index in [2.05, 4.69) is 10.0 Å². The lowest BCUT2D eigenvalue weighted by Gasteiger charge is -2.13. The maximum absolute atomic E-state index is 12.6. The predicted octanol–water partition coefficient (Wildman–Crippen LogP) is 6.43. The smallest absolute Gasteiger partial charge is 0.262 e. The molecule has 0 spiro atoms. The monoisotopic (exact) mass is 532 g/mol. The van der Waals surface area contributed by atoms with E-state index in [1.165, 1.54) is 30.3 Å².